The molecule has 0 unspecified atom stereocenters. The number of rotatable bonds is 7. The number of nitrogens with zero attached hydrogens (tertiary/aromatic N) is 2. The SMILES string of the molecule is CCOCCCN(C)c1ccccc1C(N)=NO. The Kier molecular flexibility index (Phi) is 6.00. The van der Waals surface area contributed by atoms with E-state index in [1.54, 1.807) is 0 Å². The minimum Gasteiger partial charge on any atom is -0.409 e. The molecule has 5 heteroatoms. The minimum absolute atomic E-state index is 0.127. The highest BCUT2D eigenvalue weighted by Gasteiger charge is 2.09. The second-order valence-corrected chi connectivity index (χ2v) is 3.97. The predicted molar refractivity (Wildman–Crippen MR) is 73.3 cm³/mol. The van der Waals surface area contributed by atoms with Gasteiger partial charge >= 0.3 is 0 Å². The Morgan fingerprint density at radius 3 is 2.83 bits per heavy atom. The van der Waals surface area contributed by atoms with Gasteiger partial charge < -0.3 is 20.6 Å². The Hall–Kier alpha value is -1.75. The molecule has 3 N–H and O–H groups in total. The van der Waals surface area contributed by atoms with E-state index in [9.17, 15) is 0 Å². The lowest BCUT2D eigenvalue weighted by Gasteiger charge is -2.21. The van der Waals surface area contributed by atoms with Crippen LogP contribution in [0.25, 0.3) is 0 Å². The van der Waals surface area contributed by atoms with Crippen molar-refractivity contribution in [2.24, 2.45) is 10.9 Å². The Morgan fingerprint density at radius 2 is 2.17 bits per heavy atom. The van der Waals surface area contributed by atoms with E-state index in [1.165, 1.54) is 0 Å². The highest BCUT2D eigenvalue weighted by atomic mass is 16.5. The van der Waals surface area contributed by atoms with Gasteiger partial charge in [0.1, 0.15) is 0 Å². The van der Waals surface area contributed by atoms with Gasteiger partial charge in [0.25, 0.3) is 0 Å². The molecule has 0 saturated heterocycles. The van der Waals surface area contributed by atoms with Crippen molar-refractivity contribution in [3.63, 3.8) is 0 Å². The van der Waals surface area contributed by atoms with E-state index in [1.807, 2.05) is 38.2 Å². The molecule has 0 spiro atoms. The van der Waals surface area contributed by atoms with Gasteiger partial charge in [-0.2, -0.15) is 0 Å². The van der Waals surface area contributed by atoms with Crippen molar-refractivity contribution >= 4 is 11.5 Å². The summed E-state index contributed by atoms with van der Waals surface area (Å²) < 4.78 is 5.30. The fourth-order valence-corrected chi connectivity index (χ4v) is 1.75. The topological polar surface area (TPSA) is 71.1 Å². The van der Waals surface area contributed by atoms with Crippen molar-refractivity contribution in [2.45, 2.75) is 13.3 Å². The van der Waals surface area contributed by atoms with E-state index >= 15 is 0 Å². The second kappa shape index (κ2) is 7.55. The Morgan fingerprint density at radius 1 is 1.44 bits per heavy atom. The van der Waals surface area contributed by atoms with Crippen LogP contribution in [-0.4, -0.2) is 37.8 Å². The van der Waals surface area contributed by atoms with Gasteiger partial charge in [-0.15, -0.1) is 0 Å². The zero-order chi connectivity index (χ0) is 13.4. The zero-order valence-corrected chi connectivity index (χ0v) is 11.0. The molecule has 0 aliphatic rings. The number of oxime groups is 1. The first-order chi connectivity index (χ1) is 8.70. The highest BCUT2D eigenvalue weighted by Crippen LogP contribution is 2.18. The molecule has 5 nitrogen and oxygen atoms in total. The van der Waals surface area contributed by atoms with E-state index in [2.05, 4.69) is 10.1 Å². The summed E-state index contributed by atoms with van der Waals surface area (Å²) in [5, 5.41) is 11.8. The van der Waals surface area contributed by atoms with E-state index in [4.69, 9.17) is 15.7 Å². The molecule has 1 aromatic rings. The summed E-state index contributed by atoms with van der Waals surface area (Å²) in [5.74, 6) is 0.127. The van der Waals surface area contributed by atoms with Crippen LogP contribution in [0.5, 0.6) is 0 Å². The third kappa shape index (κ3) is 3.92. The summed E-state index contributed by atoms with van der Waals surface area (Å²) in [6, 6.07) is 7.59. The standard InChI is InChI=1S/C13H21N3O2/c1-3-18-10-6-9-16(2)12-8-5-4-7-11(12)13(14)15-17/h4-5,7-8,17H,3,6,9-10H2,1-2H3,(H2,14,15). The molecular weight excluding hydrogens is 230 g/mol. The number of amidine groups is 1. The molecule has 0 aliphatic heterocycles. The van der Waals surface area contributed by atoms with E-state index < -0.39 is 0 Å². The molecule has 0 bridgehead atoms. The highest BCUT2D eigenvalue weighted by molar-refractivity contribution is 6.02. The molecular formula is C13H21N3O2. The summed E-state index contributed by atoms with van der Waals surface area (Å²) in [6.07, 6.45) is 0.939. The molecule has 0 aromatic heterocycles. The lowest BCUT2D eigenvalue weighted by molar-refractivity contribution is 0.146. The quantitative estimate of drug-likeness (QED) is 0.254. The maximum absolute atomic E-state index is 8.76. The Labute approximate surface area is 108 Å². The normalized spacial score (nSPS) is 11.6. The zero-order valence-electron chi connectivity index (χ0n) is 11.0. The van der Waals surface area contributed by atoms with Crippen LogP contribution in [0.3, 0.4) is 0 Å². The van der Waals surface area contributed by atoms with E-state index in [0.29, 0.717) is 0 Å². The van der Waals surface area contributed by atoms with Gasteiger partial charge in [0.15, 0.2) is 5.84 Å². The number of ether oxygens (including phenoxy) is 1. The van der Waals surface area contributed by atoms with Crippen LogP contribution in [0.4, 0.5) is 5.69 Å². The summed E-state index contributed by atoms with van der Waals surface area (Å²) in [4.78, 5) is 2.08. The molecule has 0 saturated carbocycles. The minimum atomic E-state index is 0.127. The molecule has 100 valence electrons. The Bertz CT molecular complexity index is 394. The van der Waals surface area contributed by atoms with E-state index in [0.717, 1.165) is 37.4 Å². The monoisotopic (exact) mass is 251 g/mol. The third-order valence-corrected chi connectivity index (χ3v) is 2.69. The van der Waals surface area contributed by atoms with Crippen molar-refractivity contribution < 1.29 is 9.94 Å². The fraction of sp³-hybridized carbons (Fsp3) is 0.462. The summed E-state index contributed by atoms with van der Waals surface area (Å²) >= 11 is 0. The lowest BCUT2D eigenvalue weighted by atomic mass is 10.1. The fourth-order valence-electron chi connectivity index (χ4n) is 1.75. The molecule has 0 radical (unpaired) electrons. The average Bonchev–Trinajstić information content (AvgIpc) is 2.42. The first-order valence-electron chi connectivity index (χ1n) is 6.06. The smallest absolute Gasteiger partial charge is 0.172 e. The molecule has 1 aromatic carbocycles. The van der Waals surface area contributed by atoms with Crippen LogP contribution in [0.15, 0.2) is 29.4 Å². The van der Waals surface area contributed by atoms with Crippen molar-refractivity contribution in [3.05, 3.63) is 29.8 Å². The van der Waals surface area contributed by atoms with Crippen LogP contribution >= 0.6 is 0 Å². The van der Waals surface area contributed by atoms with Gasteiger partial charge in [-0.1, -0.05) is 17.3 Å². The van der Waals surface area contributed by atoms with Crippen LogP contribution in [0, 0.1) is 0 Å². The molecule has 18 heavy (non-hydrogen) atoms. The molecule has 0 aliphatic carbocycles. The summed E-state index contributed by atoms with van der Waals surface area (Å²) in [5.41, 5.74) is 7.34. The molecule has 1 rings (SSSR count). The number of nitrogens with two attached hydrogens (primary N) is 1. The molecule has 0 amide bonds. The summed E-state index contributed by atoms with van der Waals surface area (Å²) in [7, 11) is 1.98. The summed E-state index contributed by atoms with van der Waals surface area (Å²) in [6.45, 7) is 4.32. The maximum Gasteiger partial charge on any atom is 0.172 e. The van der Waals surface area contributed by atoms with Gasteiger partial charge in [-0.3, -0.25) is 0 Å². The van der Waals surface area contributed by atoms with Gasteiger partial charge in [0, 0.05) is 38.1 Å². The van der Waals surface area contributed by atoms with Crippen molar-refractivity contribution in [2.75, 3.05) is 31.7 Å². The largest absolute Gasteiger partial charge is 0.409 e. The van der Waals surface area contributed by atoms with Crippen molar-refractivity contribution in [1.82, 2.24) is 0 Å². The van der Waals surface area contributed by atoms with Gasteiger partial charge in [0.2, 0.25) is 0 Å². The number of hydrogen-bond donors (Lipinski definition) is 2. The number of benzene rings is 1. The van der Waals surface area contributed by atoms with Gasteiger partial charge in [-0.05, 0) is 25.5 Å². The first kappa shape index (κ1) is 14.3. The number of hydrogen-bond acceptors (Lipinski definition) is 4. The first-order valence-corrected chi connectivity index (χ1v) is 6.06. The van der Waals surface area contributed by atoms with Gasteiger partial charge in [-0.25, -0.2) is 0 Å². The van der Waals surface area contributed by atoms with Crippen LogP contribution < -0.4 is 10.6 Å². The van der Waals surface area contributed by atoms with E-state index in [-0.39, 0.29) is 5.84 Å². The van der Waals surface area contributed by atoms with Gasteiger partial charge in [0.05, 0.1) is 0 Å². The average molecular weight is 251 g/mol. The second-order valence-electron chi connectivity index (χ2n) is 3.97. The molecule has 0 atom stereocenters. The van der Waals surface area contributed by atoms with Crippen molar-refractivity contribution in [3.8, 4) is 0 Å². The third-order valence-electron chi connectivity index (χ3n) is 2.69. The van der Waals surface area contributed by atoms with Crippen LogP contribution in [-0.2, 0) is 4.74 Å². The lowest BCUT2D eigenvalue weighted by Crippen LogP contribution is -2.24. The van der Waals surface area contributed by atoms with Crippen molar-refractivity contribution in [1.29, 1.82) is 0 Å². The molecule has 0 heterocycles. The van der Waals surface area contributed by atoms with Crippen LogP contribution in [0.2, 0.25) is 0 Å². The number of anilines is 1. The maximum atomic E-state index is 8.76. The molecule has 0 fully saturated rings. The number of para-hydroxylation sites is 1. The predicted octanol–water partition coefficient (Wildman–Crippen LogP) is 1.64. The van der Waals surface area contributed by atoms with Crippen LogP contribution in [0.1, 0.15) is 18.9 Å². The Balaban J connectivity index is 2.70.